The summed E-state index contributed by atoms with van der Waals surface area (Å²) in [4.78, 5) is 2.40. The van der Waals surface area contributed by atoms with Crippen molar-refractivity contribution in [3.63, 3.8) is 0 Å². The van der Waals surface area contributed by atoms with Gasteiger partial charge >= 0.3 is 0 Å². The zero-order valence-corrected chi connectivity index (χ0v) is 12.1. The van der Waals surface area contributed by atoms with Gasteiger partial charge in [-0.05, 0) is 67.0 Å². The van der Waals surface area contributed by atoms with Crippen molar-refractivity contribution in [3.05, 3.63) is 28.2 Å². The van der Waals surface area contributed by atoms with Gasteiger partial charge in [-0.1, -0.05) is 0 Å². The highest BCUT2D eigenvalue weighted by molar-refractivity contribution is 9.10. The number of likely N-dealkylation sites (tertiary alicyclic amines) is 1. The van der Waals surface area contributed by atoms with Gasteiger partial charge < -0.3 is 9.64 Å². The molecule has 1 aliphatic rings. The lowest BCUT2D eigenvalue weighted by Gasteiger charge is -2.19. The minimum atomic E-state index is 0.637. The molecular formula is C14H17BrN2O. The van der Waals surface area contributed by atoms with Gasteiger partial charge in [0.2, 0.25) is 0 Å². The van der Waals surface area contributed by atoms with Crippen molar-refractivity contribution in [2.75, 3.05) is 20.2 Å². The second-order valence-electron chi connectivity index (χ2n) is 4.67. The molecule has 1 aliphatic heterocycles. The molecule has 0 radical (unpaired) electrons. The van der Waals surface area contributed by atoms with E-state index < -0.39 is 0 Å². The van der Waals surface area contributed by atoms with Crippen LogP contribution in [-0.4, -0.2) is 31.1 Å². The topological polar surface area (TPSA) is 36.3 Å². The third-order valence-corrected chi connectivity index (χ3v) is 4.11. The van der Waals surface area contributed by atoms with Crippen LogP contribution in [0, 0.1) is 11.3 Å². The van der Waals surface area contributed by atoms with Gasteiger partial charge in [-0.25, -0.2) is 0 Å². The molecule has 0 bridgehead atoms. The summed E-state index contributed by atoms with van der Waals surface area (Å²) >= 11 is 3.36. The highest BCUT2D eigenvalue weighted by Crippen LogP contribution is 2.23. The van der Waals surface area contributed by atoms with E-state index in [1.165, 1.54) is 19.4 Å². The summed E-state index contributed by atoms with van der Waals surface area (Å²) in [5, 5.41) is 8.83. The van der Waals surface area contributed by atoms with Crippen LogP contribution in [0.15, 0.2) is 22.7 Å². The Hall–Kier alpha value is -1.05. The Labute approximate surface area is 116 Å². The monoisotopic (exact) mass is 308 g/mol. The van der Waals surface area contributed by atoms with Crippen LogP contribution in [-0.2, 0) is 0 Å². The van der Waals surface area contributed by atoms with Crippen molar-refractivity contribution >= 4 is 15.9 Å². The van der Waals surface area contributed by atoms with E-state index in [0.717, 1.165) is 23.2 Å². The van der Waals surface area contributed by atoms with E-state index in [2.05, 4.69) is 33.9 Å². The summed E-state index contributed by atoms with van der Waals surface area (Å²) in [6.07, 6.45) is 3.63. The third-order valence-electron chi connectivity index (χ3n) is 3.45. The van der Waals surface area contributed by atoms with Crippen LogP contribution < -0.4 is 4.74 Å². The molecule has 0 spiro atoms. The molecule has 1 aromatic carbocycles. The number of hydrogen-bond acceptors (Lipinski definition) is 3. The van der Waals surface area contributed by atoms with Gasteiger partial charge in [0.05, 0.1) is 12.2 Å². The number of hydrogen-bond donors (Lipinski definition) is 0. The number of benzene rings is 1. The van der Waals surface area contributed by atoms with E-state index in [0.29, 0.717) is 11.6 Å². The zero-order chi connectivity index (χ0) is 13.0. The van der Waals surface area contributed by atoms with Crippen LogP contribution >= 0.6 is 15.9 Å². The molecule has 1 aromatic rings. The highest BCUT2D eigenvalue weighted by Gasteiger charge is 2.20. The molecule has 18 heavy (non-hydrogen) atoms. The maximum atomic E-state index is 8.83. The summed E-state index contributed by atoms with van der Waals surface area (Å²) in [6.45, 7) is 1.93. The Morgan fingerprint density at radius 1 is 1.56 bits per heavy atom. The average Bonchev–Trinajstić information content (AvgIpc) is 2.75. The fourth-order valence-corrected chi connectivity index (χ4v) is 2.78. The summed E-state index contributed by atoms with van der Waals surface area (Å²) in [5.41, 5.74) is 0.637. The van der Waals surface area contributed by atoms with E-state index in [9.17, 15) is 0 Å². The molecule has 1 heterocycles. The van der Waals surface area contributed by atoms with Crippen molar-refractivity contribution in [2.45, 2.75) is 25.3 Å². The largest absolute Gasteiger partial charge is 0.493 e. The molecule has 0 amide bonds. The van der Waals surface area contributed by atoms with E-state index >= 15 is 0 Å². The molecule has 1 unspecified atom stereocenters. The molecule has 0 aliphatic carbocycles. The van der Waals surface area contributed by atoms with E-state index in [4.69, 9.17) is 10.00 Å². The lowest BCUT2D eigenvalue weighted by atomic mass is 10.1. The molecule has 1 fully saturated rings. The van der Waals surface area contributed by atoms with Crippen molar-refractivity contribution in [1.82, 2.24) is 4.90 Å². The Morgan fingerprint density at radius 3 is 3.00 bits per heavy atom. The summed E-state index contributed by atoms with van der Waals surface area (Å²) in [6, 6.07) is 8.26. The van der Waals surface area contributed by atoms with Crippen molar-refractivity contribution in [2.24, 2.45) is 0 Å². The summed E-state index contributed by atoms with van der Waals surface area (Å²) in [7, 11) is 2.18. The van der Waals surface area contributed by atoms with Crippen LogP contribution in [0.3, 0.4) is 0 Å². The highest BCUT2D eigenvalue weighted by atomic mass is 79.9. The predicted octanol–water partition coefficient (Wildman–Crippen LogP) is 3.18. The van der Waals surface area contributed by atoms with Crippen LogP contribution in [0.5, 0.6) is 5.75 Å². The second-order valence-corrected chi connectivity index (χ2v) is 5.52. The van der Waals surface area contributed by atoms with E-state index in [-0.39, 0.29) is 0 Å². The SMILES string of the molecule is CN1CCCC1CCOc1ccc(C#N)c(Br)c1. The molecule has 3 nitrogen and oxygen atoms in total. The normalized spacial score (nSPS) is 19.7. The molecule has 0 N–H and O–H groups in total. The first-order valence-corrected chi connectivity index (χ1v) is 7.02. The fourth-order valence-electron chi connectivity index (χ4n) is 2.33. The minimum Gasteiger partial charge on any atom is -0.493 e. The van der Waals surface area contributed by atoms with Crippen molar-refractivity contribution in [1.29, 1.82) is 5.26 Å². The van der Waals surface area contributed by atoms with Crippen LogP contribution in [0.4, 0.5) is 0 Å². The van der Waals surface area contributed by atoms with Gasteiger partial charge in [0.1, 0.15) is 11.8 Å². The van der Waals surface area contributed by atoms with Gasteiger partial charge in [0, 0.05) is 10.5 Å². The quantitative estimate of drug-likeness (QED) is 0.857. The molecule has 2 rings (SSSR count). The smallest absolute Gasteiger partial charge is 0.120 e. The van der Waals surface area contributed by atoms with Crippen LogP contribution in [0.1, 0.15) is 24.8 Å². The average molecular weight is 309 g/mol. The number of nitrogens with zero attached hydrogens (tertiary/aromatic N) is 2. The van der Waals surface area contributed by atoms with Gasteiger partial charge in [-0.3, -0.25) is 0 Å². The van der Waals surface area contributed by atoms with Crippen LogP contribution in [0.25, 0.3) is 0 Å². The third kappa shape index (κ3) is 3.24. The Balaban J connectivity index is 1.83. The van der Waals surface area contributed by atoms with Gasteiger partial charge in [-0.2, -0.15) is 5.26 Å². The van der Waals surface area contributed by atoms with Gasteiger partial charge in [0.25, 0.3) is 0 Å². The van der Waals surface area contributed by atoms with Gasteiger partial charge in [0.15, 0.2) is 0 Å². The zero-order valence-electron chi connectivity index (χ0n) is 10.5. The maximum Gasteiger partial charge on any atom is 0.120 e. The Morgan fingerprint density at radius 2 is 2.39 bits per heavy atom. The number of halogens is 1. The number of nitriles is 1. The first kappa shape index (κ1) is 13.4. The fraction of sp³-hybridized carbons (Fsp3) is 0.500. The molecule has 0 aromatic heterocycles. The maximum absolute atomic E-state index is 8.83. The first-order valence-electron chi connectivity index (χ1n) is 6.23. The molecule has 96 valence electrons. The summed E-state index contributed by atoms with van der Waals surface area (Å²) in [5.74, 6) is 0.821. The molecule has 0 saturated carbocycles. The van der Waals surface area contributed by atoms with Gasteiger partial charge in [-0.15, -0.1) is 0 Å². The molecular weight excluding hydrogens is 292 g/mol. The second kappa shape index (κ2) is 6.21. The van der Waals surface area contributed by atoms with E-state index in [1.54, 1.807) is 6.07 Å². The number of ether oxygens (including phenoxy) is 1. The minimum absolute atomic E-state index is 0.637. The Kier molecular flexibility index (Phi) is 4.62. The summed E-state index contributed by atoms with van der Waals surface area (Å²) < 4.78 is 6.52. The van der Waals surface area contributed by atoms with E-state index in [1.807, 2.05) is 12.1 Å². The number of rotatable bonds is 4. The van der Waals surface area contributed by atoms with Crippen molar-refractivity contribution in [3.8, 4) is 11.8 Å². The standard InChI is InChI=1S/C14H17BrN2O/c1-17-7-2-3-12(17)6-8-18-13-5-4-11(10-16)14(15)9-13/h4-5,9,12H,2-3,6-8H2,1H3. The lowest BCUT2D eigenvalue weighted by molar-refractivity contribution is 0.233. The molecule has 1 atom stereocenters. The Bertz CT molecular complexity index is 456. The lowest BCUT2D eigenvalue weighted by Crippen LogP contribution is -2.26. The predicted molar refractivity (Wildman–Crippen MR) is 74.6 cm³/mol. The molecule has 4 heteroatoms. The van der Waals surface area contributed by atoms with Crippen LogP contribution in [0.2, 0.25) is 0 Å². The first-order chi connectivity index (χ1) is 8.70. The van der Waals surface area contributed by atoms with Crippen molar-refractivity contribution < 1.29 is 4.74 Å². The molecule has 1 saturated heterocycles.